The monoisotopic (exact) mass is 348 g/mol. The third kappa shape index (κ3) is 3.01. The number of aromatic nitrogens is 4. The number of hydrogen-bond donors (Lipinski definition) is 3. The number of imidazole rings is 1. The molecule has 24 heavy (non-hydrogen) atoms. The molecule has 0 fully saturated rings. The molecule has 10 heteroatoms. The van der Waals surface area contributed by atoms with Crippen molar-refractivity contribution >= 4 is 40.2 Å². The lowest BCUT2D eigenvalue weighted by Gasteiger charge is -2.06. The fourth-order valence-corrected chi connectivity index (χ4v) is 2.16. The number of carbonyl (C=O) groups excluding carboxylic acids is 1. The van der Waals surface area contributed by atoms with Gasteiger partial charge >= 0.3 is 5.97 Å². The number of fused-ring (bicyclic) bond motifs is 1. The van der Waals surface area contributed by atoms with Gasteiger partial charge in [-0.25, -0.2) is 19.7 Å². The molecule has 1 aromatic carbocycles. The van der Waals surface area contributed by atoms with E-state index in [2.05, 4.69) is 19.9 Å². The molecule has 9 nitrogen and oxygen atoms in total. The lowest BCUT2D eigenvalue weighted by molar-refractivity contribution is 0.0457. The smallest absolute Gasteiger partial charge is 0.361 e. The van der Waals surface area contributed by atoms with Crippen molar-refractivity contribution in [3.8, 4) is 5.75 Å². The van der Waals surface area contributed by atoms with Gasteiger partial charge in [-0.1, -0.05) is 11.6 Å². The predicted molar refractivity (Wildman–Crippen MR) is 87.6 cm³/mol. The molecule has 0 amide bonds. The van der Waals surface area contributed by atoms with Crippen LogP contribution in [0.5, 0.6) is 5.75 Å². The van der Waals surface area contributed by atoms with Crippen LogP contribution in [0.2, 0.25) is 5.15 Å². The standard InChI is InChI=1S/C14H13ClN6O3/c1-23-6-2-3-7-8(4-6)19-9(18-7)5-24-14(22)10-12(16)21-13(17)11(15)20-10/h2-4H,5H2,1H3,(H,18,19)(H4,16,17,21). The maximum absolute atomic E-state index is 12.1. The number of nitrogens with two attached hydrogens (primary N) is 2. The van der Waals surface area contributed by atoms with Gasteiger partial charge in [-0.3, -0.25) is 0 Å². The Bertz CT molecular complexity index is 926. The van der Waals surface area contributed by atoms with Gasteiger partial charge in [0.2, 0.25) is 0 Å². The minimum Gasteiger partial charge on any atom is -0.497 e. The number of esters is 1. The highest BCUT2D eigenvalue weighted by atomic mass is 35.5. The first kappa shape index (κ1) is 15.8. The molecular formula is C14H13ClN6O3. The van der Waals surface area contributed by atoms with Gasteiger partial charge < -0.3 is 25.9 Å². The number of carbonyl (C=O) groups is 1. The molecule has 2 heterocycles. The molecule has 5 N–H and O–H groups in total. The Morgan fingerprint density at radius 3 is 2.79 bits per heavy atom. The number of nitrogens with zero attached hydrogens (tertiary/aromatic N) is 3. The maximum Gasteiger partial charge on any atom is 0.361 e. The molecule has 0 aliphatic heterocycles. The van der Waals surface area contributed by atoms with Crippen molar-refractivity contribution in [2.45, 2.75) is 6.61 Å². The first-order valence-corrected chi connectivity index (χ1v) is 7.14. The Morgan fingerprint density at radius 1 is 1.25 bits per heavy atom. The summed E-state index contributed by atoms with van der Waals surface area (Å²) in [5.41, 5.74) is 12.3. The van der Waals surface area contributed by atoms with Crippen LogP contribution in [0, 0.1) is 0 Å². The van der Waals surface area contributed by atoms with Crippen LogP contribution in [0.25, 0.3) is 11.0 Å². The number of methoxy groups -OCH3 is 1. The Hall–Kier alpha value is -3.07. The molecule has 0 unspecified atom stereocenters. The largest absolute Gasteiger partial charge is 0.497 e. The summed E-state index contributed by atoms with van der Waals surface area (Å²) >= 11 is 5.74. The number of halogens is 1. The van der Waals surface area contributed by atoms with Gasteiger partial charge in [-0.2, -0.15) is 0 Å². The van der Waals surface area contributed by atoms with Gasteiger partial charge in [0.25, 0.3) is 0 Å². The Labute approximate surface area is 141 Å². The molecule has 0 saturated heterocycles. The lowest BCUT2D eigenvalue weighted by atomic mass is 10.3. The van der Waals surface area contributed by atoms with E-state index in [9.17, 15) is 4.79 Å². The third-order valence-corrected chi connectivity index (χ3v) is 3.45. The second kappa shape index (κ2) is 6.20. The number of ether oxygens (including phenoxy) is 2. The number of anilines is 2. The summed E-state index contributed by atoms with van der Waals surface area (Å²) in [4.78, 5) is 26.9. The van der Waals surface area contributed by atoms with Gasteiger partial charge in [0.15, 0.2) is 22.5 Å². The fraction of sp³-hybridized carbons (Fsp3) is 0.143. The van der Waals surface area contributed by atoms with Crippen molar-refractivity contribution in [1.29, 1.82) is 0 Å². The molecule has 0 spiro atoms. The molecule has 124 valence electrons. The van der Waals surface area contributed by atoms with E-state index >= 15 is 0 Å². The minimum atomic E-state index is -0.778. The van der Waals surface area contributed by atoms with Crippen LogP contribution >= 0.6 is 11.6 Å². The van der Waals surface area contributed by atoms with Gasteiger partial charge in [0, 0.05) is 6.07 Å². The zero-order valence-corrected chi connectivity index (χ0v) is 13.3. The Morgan fingerprint density at radius 2 is 2.04 bits per heavy atom. The molecule has 2 aromatic heterocycles. The zero-order chi connectivity index (χ0) is 17.3. The van der Waals surface area contributed by atoms with Crippen LogP contribution in [-0.4, -0.2) is 33.0 Å². The molecule has 3 aromatic rings. The number of aromatic amines is 1. The summed E-state index contributed by atoms with van der Waals surface area (Å²) < 4.78 is 10.3. The van der Waals surface area contributed by atoms with E-state index < -0.39 is 5.97 Å². The summed E-state index contributed by atoms with van der Waals surface area (Å²) in [5, 5.41) is -0.119. The number of nitrogens with one attached hydrogen (secondary N) is 1. The summed E-state index contributed by atoms with van der Waals surface area (Å²) in [7, 11) is 1.57. The van der Waals surface area contributed by atoms with Crippen molar-refractivity contribution in [2.24, 2.45) is 0 Å². The van der Waals surface area contributed by atoms with E-state index in [1.807, 2.05) is 0 Å². The van der Waals surface area contributed by atoms with Crippen LogP contribution in [0.15, 0.2) is 18.2 Å². The lowest BCUT2D eigenvalue weighted by Crippen LogP contribution is -2.13. The Balaban J connectivity index is 1.75. The van der Waals surface area contributed by atoms with Gasteiger partial charge in [-0.05, 0) is 12.1 Å². The summed E-state index contributed by atoms with van der Waals surface area (Å²) in [5.74, 6) is 0.155. The van der Waals surface area contributed by atoms with E-state index in [0.29, 0.717) is 11.6 Å². The highest BCUT2D eigenvalue weighted by molar-refractivity contribution is 6.31. The highest BCUT2D eigenvalue weighted by Gasteiger charge is 2.18. The summed E-state index contributed by atoms with van der Waals surface area (Å²) in [6, 6.07) is 5.36. The molecule has 3 rings (SSSR count). The van der Waals surface area contributed by atoms with Crippen molar-refractivity contribution in [3.05, 3.63) is 34.9 Å². The molecular weight excluding hydrogens is 336 g/mol. The topological polar surface area (TPSA) is 142 Å². The summed E-state index contributed by atoms with van der Waals surface area (Å²) in [6.07, 6.45) is 0. The summed E-state index contributed by atoms with van der Waals surface area (Å²) in [6.45, 7) is -0.0983. The number of hydrogen-bond acceptors (Lipinski definition) is 8. The quantitative estimate of drug-likeness (QED) is 0.602. The van der Waals surface area contributed by atoms with Crippen LogP contribution < -0.4 is 16.2 Å². The average molecular weight is 349 g/mol. The van der Waals surface area contributed by atoms with E-state index in [1.165, 1.54) is 0 Å². The predicted octanol–water partition coefficient (Wildman–Crippen LogP) is 1.54. The first-order chi connectivity index (χ1) is 11.5. The van der Waals surface area contributed by atoms with Crippen molar-refractivity contribution in [2.75, 3.05) is 18.6 Å². The van der Waals surface area contributed by atoms with E-state index in [1.54, 1.807) is 25.3 Å². The molecule has 0 aliphatic rings. The van der Waals surface area contributed by atoms with E-state index in [4.69, 9.17) is 32.5 Å². The number of nitrogen functional groups attached to an aromatic ring is 2. The Kier molecular flexibility index (Phi) is 4.09. The molecule has 0 atom stereocenters. The van der Waals surface area contributed by atoms with Gasteiger partial charge in [-0.15, -0.1) is 0 Å². The maximum atomic E-state index is 12.1. The third-order valence-electron chi connectivity index (χ3n) is 3.18. The van der Waals surface area contributed by atoms with Crippen LogP contribution in [0.1, 0.15) is 16.3 Å². The van der Waals surface area contributed by atoms with Crippen molar-refractivity contribution in [1.82, 2.24) is 19.9 Å². The van der Waals surface area contributed by atoms with Gasteiger partial charge in [0.05, 0.1) is 18.1 Å². The van der Waals surface area contributed by atoms with E-state index in [-0.39, 0.29) is 29.1 Å². The first-order valence-electron chi connectivity index (χ1n) is 6.76. The molecule has 0 bridgehead atoms. The SMILES string of the molecule is COc1ccc2nc(COC(=O)c3nc(Cl)c(N)nc3N)[nH]c2c1. The number of benzene rings is 1. The molecule has 0 saturated carbocycles. The number of rotatable bonds is 4. The highest BCUT2D eigenvalue weighted by Crippen LogP contribution is 2.20. The second-order valence-electron chi connectivity index (χ2n) is 4.78. The normalized spacial score (nSPS) is 10.8. The molecule has 0 aliphatic carbocycles. The zero-order valence-electron chi connectivity index (χ0n) is 12.5. The van der Waals surface area contributed by atoms with Crippen LogP contribution in [0.4, 0.5) is 11.6 Å². The van der Waals surface area contributed by atoms with Crippen molar-refractivity contribution in [3.63, 3.8) is 0 Å². The fourth-order valence-electron chi connectivity index (χ4n) is 2.03. The van der Waals surface area contributed by atoms with E-state index in [0.717, 1.165) is 11.0 Å². The molecule has 0 radical (unpaired) electrons. The van der Waals surface area contributed by atoms with Crippen LogP contribution in [-0.2, 0) is 11.3 Å². The minimum absolute atomic E-state index is 0.0584. The average Bonchev–Trinajstić information content (AvgIpc) is 2.97. The second-order valence-corrected chi connectivity index (χ2v) is 5.13. The van der Waals surface area contributed by atoms with Crippen molar-refractivity contribution < 1.29 is 14.3 Å². The van der Waals surface area contributed by atoms with Crippen LogP contribution in [0.3, 0.4) is 0 Å². The number of H-pyrrole nitrogens is 1. The van der Waals surface area contributed by atoms with Gasteiger partial charge in [0.1, 0.15) is 18.2 Å².